The average Bonchev–Trinajstić information content (AvgIpc) is 3.00. The van der Waals surface area contributed by atoms with Crippen molar-refractivity contribution >= 4 is 29.1 Å². The van der Waals surface area contributed by atoms with E-state index in [1.165, 1.54) is 0 Å². The standard InChI is InChI=1S/C19H19ClN2O3/c20-14-6-7-16(17(12-14)22-10-2-5-18(22)24)19(25)21-9-8-13-3-1-4-15(23)11-13/h1,3-4,6-7,11-12,23H,2,5,8-10H2,(H,21,25). The molecule has 130 valence electrons. The highest BCUT2D eigenvalue weighted by Gasteiger charge is 2.26. The van der Waals surface area contributed by atoms with Crippen molar-refractivity contribution in [3.63, 3.8) is 0 Å². The normalized spacial score (nSPS) is 14.0. The van der Waals surface area contributed by atoms with Gasteiger partial charge in [0.2, 0.25) is 5.91 Å². The number of carbonyl (C=O) groups is 2. The van der Waals surface area contributed by atoms with Gasteiger partial charge in [-0.2, -0.15) is 0 Å². The van der Waals surface area contributed by atoms with Gasteiger partial charge in [0.05, 0.1) is 11.3 Å². The number of nitrogens with one attached hydrogen (secondary N) is 1. The molecule has 0 bridgehead atoms. The number of aromatic hydroxyl groups is 1. The third kappa shape index (κ3) is 4.12. The van der Waals surface area contributed by atoms with Crippen LogP contribution in [0.25, 0.3) is 0 Å². The second kappa shape index (κ2) is 7.57. The summed E-state index contributed by atoms with van der Waals surface area (Å²) in [5, 5.41) is 12.8. The number of anilines is 1. The first-order valence-corrected chi connectivity index (χ1v) is 8.58. The summed E-state index contributed by atoms with van der Waals surface area (Å²) in [5.41, 5.74) is 1.94. The minimum absolute atomic E-state index is 0.0103. The van der Waals surface area contributed by atoms with Crippen molar-refractivity contribution in [1.82, 2.24) is 5.32 Å². The third-order valence-electron chi connectivity index (χ3n) is 4.18. The summed E-state index contributed by atoms with van der Waals surface area (Å²) in [6.45, 7) is 1.03. The number of nitrogens with zero attached hydrogens (tertiary/aromatic N) is 1. The fourth-order valence-electron chi connectivity index (χ4n) is 2.95. The molecule has 6 heteroatoms. The zero-order valence-corrected chi connectivity index (χ0v) is 14.4. The van der Waals surface area contributed by atoms with Crippen molar-refractivity contribution in [3.05, 3.63) is 58.6 Å². The molecule has 1 saturated heterocycles. The molecule has 5 nitrogen and oxygen atoms in total. The van der Waals surface area contributed by atoms with Crippen LogP contribution in [0.15, 0.2) is 42.5 Å². The lowest BCUT2D eigenvalue weighted by atomic mass is 10.1. The van der Waals surface area contributed by atoms with Crippen molar-refractivity contribution < 1.29 is 14.7 Å². The Morgan fingerprint density at radius 2 is 2.08 bits per heavy atom. The second-order valence-electron chi connectivity index (χ2n) is 5.99. The van der Waals surface area contributed by atoms with E-state index in [0.717, 1.165) is 12.0 Å². The van der Waals surface area contributed by atoms with E-state index >= 15 is 0 Å². The first-order chi connectivity index (χ1) is 12.0. The van der Waals surface area contributed by atoms with Gasteiger partial charge < -0.3 is 15.3 Å². The number of phenols is 1. The van der Waals surface area contributed by atoms with Gasteiger partial charge in [0.1, 0.15) is 5.75 Å². The summed E-state index contributed by atoms with van der Waals surface area (Å²) in [4.78, 5) is 26.2. The van der Waals surface area contributed by atoms with Crippen LogP contribution in [0.3, 0.4) is 0 Å². The van der Waals surface area contributed by atoms with Crippen LogP contribution < -0.4 is 10.2 Å². The van der Waals surface area contributed by atoms with E-state index in [1.54, 1.807) is 41.3 Å². The lowest BCUT2D eigenvalue weighted by Crippen LogP contribution is -2.30. The van der Waals surface area contributed by atoms with Crippen molar-refractivity contribution in [1.29, 1.82) is 0 Å². The highest BCUT2D eigenvalue weighted by atomic mass is 35.5. The van der Waals surface area contributed by atoms with Crippen LogP contribution in [0.5, 0.6) is 5.75 Å². The van der Waals surface area contributed by atoms with Crippen molar-refractivity contribution in [2.45, 2.75) is 19.3 Å². The molecule has 0 spiro atoms. The zero-order valence-electron chi connectivity index (χ0n) is 13.7. The van der Waals surface area contributed by atoms with Crippen LogP contribution in [0.4, 0.5) is 5.69 Å². The van der Waals surface area contributed by atoms with E-state index in [4.69, 9.17) is 11.6 Å². The summed E-state index contributed by atoms with van der Waals surface area (Å²) in [6, 6.07) is 11.9. The largest absolute Gasteiger partial charge is 0.508 e. The molecule has 1 fully saturated rings. The Bertz CT molecular complexity index is 807. The third-order valence-corrected chi connectivity index (χ3v) is 4.41. The Labute approximate surface area is 151 Å². The van der Waals surface area contributed by atoms with Crippen LogP contribution in [0, 0.1) is 0 Å². The Balaban J connectivity index is 1.70. The van der Waals surface area contributed by atoms with Gasteiger partial charge in [-0.25, -0.2) is 0 Å². The molecular weight excluding hydrogens is 340 g/mol. The molecule has 0 aliphatic carbocycles. The fraction of sp³-hybridized carbons (Fsp3) is 0.263. The molecule has 1 aliphatic heterocycles. The maximum atomic E-state index is 12.6. The molecule has 0 radical (unpaired) electrons. The van der Waals surface area contributed by atoms with Gasteiger partial charge in [-0.3, -0.25) is 9.59 Å². The molecule has 2 aromatic rings. The number of rotatable bonds is 5. The van der Waals surface area contributed by atoms with Crippen molar-refractivity contribution in [2.75, 3.05) is 18.0 Å². The number of hydrogen-bond acceptors (Lipinski definition) is 3. The van der Waals surface area contributed by atoms with Crippen molar-refractivity contribution in [3.8, 4) is 5.75 Å². The van der Waals surface area contributed by atoms with E-state index < -0.39 is 0 Å². The van der Waals surface area contributed by atoms with Crippen LogP contribution >= 0.6 is 11.6 Å². The van der Waals surface area contributed by atoms with Gasteiger partial charge in [0.25, 0.3) is 5.91 Å². The van der Waals surface area contributed by atoms with Crippen molar-refractivity contribution in [2.24, 2.45) is 0 Å². The maximum Gasteiger partial charge on any atom is 0.253 e. The minimum atomic E-state index is -0.244. The van der Waals surface area contributed by atoms with Gasteiger partial charge in [-0.1, -0.05) is 23.7 Å². The summed E-state index contributed by atoms with van der Waals surface area (Å²) >= 11 is 6.05. The lowest BCUT2D eigenvalue weighted by Gasteiger charge is -2.19. The number of amides is 2. The molecule has 0 aromatic heterocycles. The highest BCUT2D eigenvalue weighted by molar-refractivity contribution is 6.31. The molecular formula is C19H19ClN2O3. The highest BCUT2D eigenvalue weighted by Crippen LogP contribution is 2.28. The first kappa shape index (κ1) is 17.3. The smallest absolute Gasteiger partial charge is 0.253 e. The van der Waals surface area contributed by atoms with Gasteiger partial charge in [-0.05, 0) is 48.7 Å². The Hall–Kier alpha value is -2.53. The minimum Gasteiger partial charge on any atom is -0.508 e. The number of benzene rings is 2. The molecule has 3 rings (SSSR count). The van der Waals surface area contributed by atoms with E-state index in [0.29, 0.717) is 42.2 Å². The van der Waals surface area contributed by atoms with Gasteiger partial charge in [0.15, 0.2) is 0 Å². The molecule has 1 aliphatic rings. The van der Waals surface area contributed by atoms with Crippen LogP contribution in [0.2, 0.25) is 5.02 Å². The fourth-order valence-corrected chi connectivity index (χ4v) is 3.12. The van der Waals surface area contributed by atoms with Gasteiger partial charge in [-0.15, -0.1) is 0 Å². The number of hydrogen-bond donors (Lipinski definition) is 2. The van der Waals surface area contributed by atoms with Crippen LogP contribution in [0.1, 0.15) is 28.8 Å². The Morgan fingerprint density at radius 1 is 1.24 bits per heavy atom. The molecule has 2 aromatic carbocycles. The molecule has 25 heavy (non-hydrogen) atoms. The predicted octanol–water partition coefficient (Wildman–Crippen LogP) is 3.14. The zero-order chi connectivity index (χ0) is 17.8. The summed E-state index contributed by atoms with van der Waals surface area (Å²) in [7, 11) is 0. The molecule has 2 amide bonds. The SMILES string of the molecule is O=C(NCCc1cccc(O)c1)c1ccc(Cl)cc1N1CCCC1=O. The van der Waals surface area contributed by atoms with E-state index in [2.05, 4.69) is 5.32 Å². The number of carbonyl (C=O) groups excluding carboxylic acids is 2. The lowest BCUT2D eigenvalue weighted by molar-refractivity contribution is -0.117. The topological polar surface area (TPSA) is 69.6 Å². The monoisotopic (exact) mass is 358 g/mol. The molecule has 1 heterocycles. The van der Waals surface area contributed by atoms with E-state index in [9.17, 15) is 14.7 Å². The van der Waals surface area contributed by atoms with E-state index in [-0.39, 0.29) is 17.6 Å². The van der Waals surface area contributed by atoms with Crippen LogP contribution in [-0.4, -0.2) is 30.0 Å². The molecule has 0 saturated carbocycles. The van der Waals surface area contributed by atoms with Gasteiger partial charge >= 0.3 is 0 Å². The van der Waals surface area contributed by atoms with Crippen LogP contribution in [-0.2, 0) is 11.2 Å². The number of phenolic OH excluding ortho intramolecular Hbond substituents is 1. The maximum absolute atomic E-state index is 12.6. The number of halogens is 1. The summed E-state index contributed by atoms with van der Waals surface area (Å²) in [6.07, 6.45) is 1.88. The predicted molar refractivity (Wildman–Crippen MR) is 97.2 cm³/mol. The Morgan fingerprint density at radius 3 is 2.80 bits per heavy atom. The summed E-state index contributed by atoms with van der Waals surface area (Å²) in [5.74, 6) is -0.0287. The molecule has 0 atom stereocenters. The quantitative estimate of drug-likeness (QED) is 0.862. The second-order valence-corrected chi connectivity index (χ2v) is 6.42. The molecule has 0 unspecified atom stereocenters. The molecule has 2 N–H and O–H groups in total. The summed E-state index contributed by atoms with van der Waals surface area (Å²) < 4.78 is 0. The van der Waals surface area contributed by atoms with E-state index in [1.807, 2.05) is 6.07 Å². The first-order valence-electron chi connectivity index (χ1n) is 8.20. The average molecular weight is 359 g/mol. The van der Waals surface area contributed by atoms with Gasteiger partial charge in [0, 0.05) is 24.5 Å². The Kier molecular flexibility index (Phi) is 5.24.